The molecule has 4 aromatic rings. The number of hydrogen-bond donors (Lipinski definition) is 4. The van der Waals surface area contributed by atoms with Crippen LogP contribution in [-0.4, -0.2) is 112 Å². The van der Waals surface area contributed by atoms with Crippen molar-refractivity contribution in [3.05, 3.63) is 128 Å². The molecule has 0 saturated heterocycles. The monoisotopic (exact) mass is 832 g/mol. The first-order valence-electron chi connectivity index (χ1n) is 15.8. The molecule has 0 saturated carbocycles. The Balaban J connectivity index is 0. The summed E-state index contributed by atoms with van der Waals surface area (Å²) in [5, 5.41) is 43.5. The zero-order chi connectivity index (χ0) is 35.9. The summed E-state index contributed by atoms with van der Waals surface area (Å²) in [6.45, 7) is 7.46. The van der Waals surface area contributed by atoms with Crippen molar-refractivity contribution in [1.29, 1.82) is 0 Å². The number of halogens is 2. The second-order valence-electron chi connectivity index (χ2n) is 11.6. The Bertz CT molecular complexity index is 1410. The van der Waals surface area contributed by atoms with Gasteiger partial charge < -0.3 is 30.2 Å². The Morgan fingerprint density at radius 1 is 0.560 bits per heavy atom. The van der Waals surface area contributed by atoms with E-state index in [0.717, 1.165) is 68.8 Å². The van der Waals surface area contributed by atoms with E-state index in [0.29, 0.717) is 0 Å². The molecule has 0 spiro atoms. The van der Waals surface area contributed by atoms with Gasteiger partial charge >= 0.3 is 46.1 Å². The van der Waals surface area contributed by atoms with Crippen molar-refractivity contribution in [3.63, 3.8) is 0 Å². The molecule has 0 unspecified atom stereocenters. The van der Waals surface area contributed by atoms with Gasteiger partial charge in [-0.3, -0.25) is 0 Å². The minimum absolute atomic E-state index is 0. The molecule has 0 aliphatic rings. The molecule has 0 aromatic heterocycles. The minimum atomic E-state index is -0.110. The maximum atomic E-state index is 11.6. The smallest absolute Gasteiger partial charge is 0.872 e. The standard InChI is InChI=1S/2C12H17BrN2O.2C7H7O.2Mg/c2*1-9(14-6-7-15(2)3)11-8-10(13)4-5-12(11)16;2*8-6-7-4-2-1-3-5-7;;/h2*4-5,8,16H,6-7H2,1-3H3;2*1-5H,6H2;;/q;;2*-1;2*+2/p+2. The largest absolute Gasteiger partial charge is 2.00 e. The fourth-order valence-corrected chi connectivity index (χ4v) is 4.65. The van der Waals surface area contributed by atoms with E-state index in [4.69, 9.17) is 0 Å². The van der Waals surface area contributed by atoms with Crippen LogP contribution in [0, 0.1) is 0 Å². The van der Waals surface area contributed by atoms with E-state index in [1.807, 2.05) is 86.6 Å². The van der Waals surface area contributed by atoms with Crippen LogP contribution in [0.15, 0.2) is 106 Å². The predicted molar refractivity (Wildman–Crippen MR) is 206 cm³/mol. The van der Waals surface area contributed by atoms with Crippen molar-refractivity contribution in [1.82, 2.24) is 0 Å². The van der Waals surface area contributed by atoms with Crippen molar-refractivity contribution in [2.45, 2.75) is 27.1 Å². The van der Waals surface area contributed by atoms with E-state index in [1.165, 1.54) is 9.80 Å². The van der Waals surface area contributed by atoms with Crippen LogP contribution in [0.25, 0.3) is 0 Å². The topological polar surface area (TPSA) is 129 Å². The van der Waals surface area contributed by atoms with Crippen LogP contribution < -0.4 is 40.2 Å². The van der Waals surface area contributed by atoms with E-state index in [2.05, 4.69) is 70.0 Å². The molecule has 0 bridgehead atoms. The summed E-state index contributed by atoms with van der Waals surface area (Å²) in [6, 6.07) is 29.0. The summed E-state index contributed by atoms with van der Waals surface area (Å²) in [5.74, 6) is 0.121. The molecule has 0 heterocycles. The second-order valence-corrected chi connectivity index (χ2v) is 13.4. The molecule has 12 heteroatoms. The minimum Gasteiger partial charge on any atom is -0.872 e. The Morgan fingerprint density at radius 3 is 1.14 bits per heavy atom. The van der Waals surface area contributed by atoms with E-state index in [-0.39, 0.29) is 70.8 Å². The Hall–Kier alpha value is -1.85. The average molecular weight is 835 g/mol. The van der Waals surface area contributed by atoms with Gasteiger partial charge in [0, 0.05) is 33.9 Å². The SMILES string of the molecule is CC(=[NH+]CC[NH+](C)C)c1cc(Br)ccc1[O-].CC(=[NH+]CC[NH+](C)C)c1cc(Br)ccc1[O-].[Mg+2].[Mg+2].[O-]Cc1ccccc1.[O-]Cc1ccccc1. The summed E-state index contributed by atoms with van der Waals surface area (Å²) < 4.78 is 1.86. The molecule has 4 aromatic carbocycles. The van der Waals surface area contributed by atoms with Gasteiger partial charge in [0.05, 0.1) is 28.2 Å². The molecular formula is C38H50Br2Mg2N4O4+4. The molecule has 50 heavy (non-hydrogen) atoms. The molecular weight excluding hydrogens is 785 g/mol. The predicted octanol–water partition coefficient (Wildman–Crippen LogP) is -2.55. The number of quaternary nitrogens is 2. The Kier molecular flexibility index (Phi) is 29.9. The number of rotatable bonds is 10. The normalized spacial score (nSPS) is 10.7. The molecule has 8 nitrogen and oxygen atoms in total. The van der Waals surface area contributed by atoms with Gasteiger partial charge in [-0.2, -0.15) is 0 Å². The molecule has 4 rings (SSSR count). The first-order chi connectivity index (χ1) is 22.9. The number of nitrogens with one attached hydrogen (secondary N) is 4. The summed E-state index contributed by atoms with van der Waals surface area (Å²) in [6.07, 6.45) is 0. The van der Waals surface area contributed by atoms with Crippen LogP contribution in [0.4, 0.5) is 0 Å². The van der Waals surface area contributed by atoms with E-state index in [9.17, 15) is 20.4 Å². The summed E-state index contributed by atoms with van der Waals surface area (Å²) in [5.41, 5.74) is 5.06. The number of hydrogen-bond acceptors (Lipinski definition) is 4. The third-order valence-corrected chi connectivity index (χ3v) is 7.73. The first-order valence-corrected chi connectivity index (χ1v) is 17.4. The molecule has 0 fully saturated rings. The molecule has 0 aliphatic heterocycles. The fraction of sp³-hybridized carbons (Fsp3) is 0.316. The van der Waals surface area contributed by atoms with Crippen LogP contribution in [0.3, 0.4) is 0 Å². The van der Waals surface area contributed by atoms with Crippen molar-refractivity contribution >= 4 is 89.4 Å². The fourth-order valence-electron chi connectivity index (χ4n) is 3.93. The zero-order valence-corrected chi connectivity index (χ0v) is 36.3. The molecule has 0 radical (unpaired) electrons. The molecule has 0 atom stereocenters. The molecule has 260 valence electrons. The van der Waals surface area contributed by atoms with Crippen LogP contribution >= 0.6 is 31.9 Å². The Labute approximate surface area is 347 Å². The molecule has 0 amide bonds. The molecule has 4 N–H and O–H groups in total. The number of likely N-dealkylation sites (N-methyl/N-ethyl adjacent to an activating group) is 2. The third kappa shape index (κ3) is 22.9. The van der Waals surface area contributed by atoms with Gasteiger partial charge in [0.25, 0.3) is 0 Å². The second kappa shape index (κ2) is 29.7. The van der Waals surface area contributed by atoms with Crippen molar-refractivity contribution in [2.75, 3.05) is 54.4 Å². The average Bonchev–Trinajstić information content (AvgIpc) is 3.08. The maximum Gasteiger partial charge on any atom is 2.00 e. The van der Waals surface area contributed by atoms with Gasteiger partial charge in [-0.1, -0.05) is 127 Å². The van der Waals surface area contributed by atoms with E-state index >= 15 is 0 Å². The third-order valence-electron chi connectivity index (χ3n) is 6.74. The van der Waals surface area contributed by atoms with Crippen LogP contribution in [0.5, 0.6) is 11.5 Å². The van der Waals surface area contributed by atoms with Gasteiger partial charge in [-0.05, 0) is 24.3 Å². The summed E-state index contributed by atoms with van der Waals surface area (Å²) in [4.78, 5) is 9.32. The van der Waals surface area contributed by atoms with Crippen molar-refractivity contribution in [2.24, 2.45) is 0 Å². The van der Waals surface area contributed by atoms with Gasteiger partial charge in [-0.25, -0.2) is 9.98 Å². The summed E-state index contributed by atoms with van der Waals surface area (Å²) in [7, 11) is 8.43. The molecule has 0 aliphatic carbocycles. The van der Waals surface area contributed by atoms with Crippen LogP contribution in [0.2, 0.25) is 0 Å². The number of benzene rings is 4. The van der Waals surface area contributed by atoms with Gasteiger partial charge in [0.15, 0.2) is 24.5 Å². The van der Waals surface area contributed by atoms with Gasteiger partial charge in [0.2, 0.25) is 0 Å². The van der Waals surface area contributed by atoms with Crippen LogP contribution in [-0.2, 0) is 13.2 Å². The quantitative estimate of drug-likeness (QED) is 0.104. The van der Waals surface area contributed by atoms with E-state index in [1.54, 1.807) is 24.3 Å². The van der Waals surface area contributed by atoms with E-state index < -0.39 is 0 Å². The van der Waals surface area contributed by atoms with Crippen LogP contribution in [0.1, 0.15) is 36.1 Å². The van der Waals surface area contributed by atoms with Gasteiger partial charge in [-0.15, -0.1) is 13.2 Å². The zero-order valence-electron chi connectivity index (χ0n) is 30.3. The van der Waals surface area contributed by atoms with Gasteiger partial charge in [0.1, 0.15) is 13.1 Å². The Morgan fingerprint density at radius 2 is 0.880 bits per heavy atom. The van der Waals surface area contributed by atoms with Crippen molar-refractivity contribution < 1.29 is 40.2 Å². The first kappa shape index (κ1) is 50.3. The van der Waals surface area contributed by atoms with Crippen molar-refractivity contribution in [3.8, 4) is 11.5 Å². The maximum absolute atomic E-state index is 11.6. The summed E-state index contributed by atoms with van der Waals surface area (Å²) >= 11 is 6.74.